The highest BCUT2D eigenvalue weighted by Crippen LogP contribution is 2.29. The first-order chi connectivity index (χ1) is 14.5. The monoisotopic (exact) mass is 431 g/mol. The number of carbonyl (C=O) groups is 2. The smallest absolute Gasteiger partial charge is 0.319 e. The lowest BCUT2D eigenvalue weighted by molar-refractivity contribution is -0.135. The SMILES string of the molecule is COCCN1CC(c2ccc(OC)cc2)C(NC(=O)Nc2ccc(Cl)cc2)CC1=O. The Kier molecular flexibility index (Phi) is 7.54. The molecule has 3 rings (SSSR count). The van der Waals surface area contributed by atoms with Crippen LogP contribution in [0.25, 0.3) is 0 Å². The van der Waals surface area contributed by atoms with Crippen LogP contribution in [-0.4, -0.2) is 56.8 Å². The van der Waals surface area contributed by atoms with Gasteiger partial charge in [0.2, 0.25) is 5.91 Å². The third-order valence-electron chi connectivity index (χ3n) is 5.18. The molecule has 0 radical (unpaired) electrons. The molecule has 160 valence electrons. The van der Waals surface area contributed by atoms with Gasteiger partial charge in [0, 0.05) is 49.3 Å². The summed E-state index contributed by atoms with van der Waals surface area (Å²) < 4.78 is 10.4. The fourth-order valence-corrected chi connectivity index (χ4v) is 3.68. The van der Waals surface area contributed by atoms with Crippen LogP contribution < -0.4 is 15.4 Å². The Labute approximate surface area is 181 Å². The molecule has 1 aliphatic rings. The lowest BCUT2D eigenvalue weighted by Crippen LogP contribution is -2.53. The lowest BCUT2D eigenvalue weighted by Gasteiger charge is -2.38. The van der Waals surface area contributed by atoms with E-state index in [1.807, 2.05) is 24.3 Å². The standard InChI is InChI=1S/C22H26ClN3O4/c1-29-12-11-26-14-19(15-3-9-18(30-2)10-4-15)20(13-21(26)27)25-22(28)24-17-7-5-16(23)6-8-17/h3-10,19-20H,11-14H2,1-2H3,(H2,24,25,28). The number of halogens is 1. The molecule has 1 saturated heterocycles. The number of methoxy groups -OCH3 is 2. The molecule has 2 N–H and O–H groups in total. The van der Waals surface area contributed by atoms with Gasteiger partial charge in [0.15, 0.2) is 0 Å². The Morgan fingerprint density at radius 3 is 2.47 bits per heavy atom. The molecule has 2 atom stereocenters. The first-order valence-corrected chi connectivity index (χ1v) is 10.1. The fourth-order valence-electron chi connectivity index (χ4n) is 3.55. The third kappa shape index (κ3) is 5.64. The van der Waals surface area contributed by atoms with E-state index < -0.39 is 0 Å². The van der Waals surface area contributed by atoms with E-state index in [1.165, 1.54) is 0 Å². The first kappa shape index (κ1) is 21.9. The molecule has 0 bridgehead atoms. The van der Waals surface area contributed by atoms with Gasteiger partial charge in [0.05, 0.1) is 13.7 Å². The highest BCUT2D eigenvalue weighted by atomic mass is 35.5. The summed E-state index contributed by atoms with van der Waals surface area (Å²) in [5, 5.41) is 6.36. The summed E-state index contributed by atoms with van der Waals surface area (Å²) in [5.74, 6) is 0.696. The Hall–Kier alpha value is -2.77. The number of hydrogen-bond donors (Lipinski definition) is 2. The second kappa shape index (κ2) is 10.3. The maximum absolute atomic E-state index is 12.6. The summed E-state index contributed by atoms with van der Waals surface area (Å²) in [6, 6.07) is 13.9. The highest BCUT2D eigenvalue weighted by molar-refractivity contribution is 6.30. The summed E-state index contributed by atoms with van der Waals surface area (Å²) >= 11 is 5.89. The van der Waals surface area contributed by atoms with Crippen LogP contribution in [0.4, 0.5) is 10.5 Å². The zero-order valence-electron chi connectivity index (χ0n) is 17.1. The number of rotatable bonds is 7. The van der Waals surface area contributed by atoms with E-state index in [2.05, 4.69) is 10.6 Å². The van der Waals surface area contributed by atoms with Crippen LogP contribution in [0.1, 0.15) is 17.9 Å². The van der Waals surface area contributed by atoms with Gasteiger partial charge in [-0.1, -0.05) is 23.7 Å². The van der Waals surface area contributed by atoms with Crippen LogP contribution >= 0.6 is 11.6 Å². The molecule has 30 heavy (non-hydrogen) atoms. The summed E-state index contributed by atoms with van der Waals surface area (Å²) in [7, 11) is 3.23. The van der Waals surface area contributed by atoms with Crippen molar-refractivity contribution in [2.24, 2.45) is 0 Å². The molecule has 1 heterocycles. The third-order valence-corrected chi connectivity index (χ3v) is 5.43. The molecule has 7 nitrogen and oxygen atoms in total. The number of amides is 3. The molecule has 2 unspecified atom stereocenters. The van der Waals surface area contributed by atoms with Crippen LogP contribution in [0.2, 0.25) is 5.02 Å². The molecule has 3 amide bonds. The second-order valence-electron chi connectivity index (χ2n) is 7.13. The van der Waals surface area contributed by atoms with Crippen LogP contribution in [0, 0.1) is 0 Å². The van der Waals surface area contributed by atoms with E-state index in [-0.39, 0.29) is 30.3 Å². The Morgan fingerprint density at radius 1 is 1.13 bits per heavy atom. The number of ether oxygens (including phenoxy) is 2. The maximum atomic E-state index is 12.6. The lowest BCUT2D eigenvalue weighted by atomic mass is 9.85. The van der Waals surface area contributed by atoms with Gasteiger partial charge in [-0.2, -0.15) is 0 Å². The van der Waals surface area contributed by atoms with E-state index in [0.29, 0.717) is 30.4 Å². The number of nitrogens with zero attached hydrogens (tertiary/aromatic N) is 1. The van der Waals surface area contributed by atoms with Crippen molar-refractivity contribution in [2.75, 3.05) is 39.2 Å². The fraction of sp³-hybridized carbons (Fsp3) is 0.364. The van der Waals surface area contributed by atoms with Crippen LogP contribution in [0.5, 0.6) is 5.75 Å². The number of piperidine rings is 1. The van der Waals surface area contributed by atoms with E-state index in [9.17, 15) is 9.59 Å². The Balaban J connectivity index is 1.75. The number of nitrogens with one attached hydrogen (secondary N) is 2. The highest BCUT2D eigenvalue weighted by Gasteiger charge is 2.35. The van der Waals surface area contributed by atoms with Gasteiger partial charge in [-0.15, -0.1) is 0 Å². The summed E-state index contributed by atoms with van der Waals surface area (Å²) in [6.07, 6.45) is 0.217. The van der Waals surface area contributed by atoms with Crippen molar-refractivity contribution in [3.8, 4) is 5.75 Å². The van der Waals surface area contributed by atoms with E-state index >= 15 is 0 Å². The Morgan fingerprint density at radius 2 is 1.83 bits per heavy atom. The number of likely N-dealkylation sites (tertiary alicyclic amines) is 1. The average molecular weight is 432 g/mol. The molecular weight excluding hydrogens is 406 g/mol. The number of hydrogen-bond acceptors (Lipinski definition) is 4. The van der Waals surface area contributed by atoms with Crippen LogP contribution in [0.3, 0.4) is 0 Å². The molecule has 0 aliphatic carbocycles. The molecule has 2 aromatic carbocycles. The average Bonchev–Trinajstić information content (AvgIpc) is 2.75. The normalized spacial score (nSPS) is 18.8. The van der Waals surface area contributed by atoms with Gasteiger partial charge < -0.3 is 25.0 Å². The zero-order valence-corrected chi connectivity index (χ0v) is 17.8. The van der Waals surface area contributed by atoms with Crippen LogP contribution in [-0.2, 0) is 9.53 Å². The predicted octanol–water partition coefficient (Wildman–Crippen LogP) is 3.50. The van der Waals surface area contributed by atoms with Crippen molar-refractivity contribution < 1.29 is 19.1 Å². The van der Waals surface area contributed by atoms with Crippen molar-refractivity contribution in [1.82, 2.24) is 10.2 Å². The molecule has 2 aromatic rings. The van der Waals surface area contributed by atoms with Crippen molar-refractivity contribution in [1.29, 1.82) is 0 Å². The molecule has 0 spiro atoms. The van der Waals surface area contributed by atoms with Crippen molar-refractivity contribution >= 4 is 29.2 Å². The van der Waals surface area contributed by atoms with E-state index in [4.69, 9.17) is 21.1 Å². The molecule has 8 heteroatoms. The van der Waals surface area contributed by atoms with Gasteiger partial charge in [-0.25, -0.2) is 4.79 Å². The molecular formula is C22H26ClN3O4. The molecule has 0 saturated carbocycles. The number of benzene rings is 2. The molecule has 0 aromatic heterocycles. The minimum atomic E-state index is -0.362. The van der Waals surface area contributed by atoms with Crippen LogP contribution in [0.15, 0.2) is 48.5 Å². The minimum absolute atomic E-state index is 0.00592. The van der Waals surface area contributed by atoms with E-state index in [0.717, 1.165) is 11.3 Å². The number of carbonyl (C=O) groups excluding carboxylic acids is 2. The predicted molar refractivity (Wildman–Crippen MR) is 116 cm³/mol. The summed E-state index contributed by atoms with van der Waals surface area (Å²) in [6.45, 7) is 1.49. The summed E-state index contributed by atoms with van der Waals surface area (Å²) in [5.41, 5.74) is 1.66. The molecule has 1 fully saturated rings. The van der Waals surface area contributed by atoms with Crippen molar-refractivity contribution in [3.05, 3.63) is 59.1 Å². The maximum Gasteiger partial charge on any atom is 0.319 e. The van der Waals surface area contributed by atoms with Gasteiger partial charge in [-0.05, 0) is 42.0 Å². The van der Waals surface area contributed by atoms with Gasteiger partial charge in [0.1, 0.15) is 5.75 Å². The van der Waals surface area contributed by atoms with Gasteiger partial charge >= 0.3 is 6.03 Å². The minimum Gasteiger partial charge on any atom is -0.497 e. The quantitative estimate of drug-likeness (QED) is 0.703. The molecule has 1 aliphatic heterocycles. The zero-order chi connectivity index (χ0) is 21.5. The summed E-state index contributed by atoms with van der Waals surface area (Å²) in [4.78, 5) is 27.0. The Bertz CT molecular complexity index is 858. The largest absolute Gasteiger partial charge is 0.497 e. The number of urea groups is 1. The van der Waals surface area contributed by atoms with Crippen molar-refractivity contribution in [2.45, 2.75) is 18.4 Å². The first-order valence-electron chi connectivity index (χ1n) is 9.74. The number of anilines is 1. The topological polar surface area (TPSA) is 79.9 Å². The van der Waals surface area contributed by atoms with Crippen molar-refractivity contribution in [3.63, 3.8) is 0 Å². The van der Waals surface area contributed by atoms with E-state index in [1.54, 1.807) is 43.4 Å². The second-order valence-corrected chi connectivity index (χ2v) is 7.56. The van der Waals surface area contributed by atoms with Gasteiger partial charge in [0.25, 0.3) is 0 Å². The van der Waals surface area contributed by atoms with Gasteiger partial charge in [-0.3, -0.25) is 4.79 Å².